The van der Waals surface area contributed by atoms with Crippen LogP contribution >= 0.6 is 34.4 Å². The van der Waals surface area contributed by atoms with E-state index in [0.29, 0.717) is 23.0 Å². The van der Waals surface area contributed by atoms with Gasteiger partial charge in [-0.2, -0.15) is 0 Å². The van der Waals surface area contributed by atoms with Crippen LogP contribution in [0.5, 0.6) is 0 Å². The van der Waals surface area contributed by atoms with E-state index in [1.54, 1.807) is 5.57 Å². The summed E-state index contributed by atoms with van der Waals surface area (Å²) in [6.07, 6.45) is 46.1. The van der Waals surface area contributed by atoms with Gasteiger partial charge in [0, 0.05) is 31.3 Å². The monoisotopic (exact) mass is 847 g/mol. The predicted molar refractivity (Wildman–Crippen MR) is 241 cm³/mol. The van der Waals surface area contributed by atoms with Gasteiger partial charge in [0.2, 0.25) is 5.96 Å². The number of nitrogens with zero attached hydrogens (tertiary/aromatic N) is 3. The molecule has 55 heavy (non-hydrogen) atoms. The lowest BCUT2D eigenvalue weighted by Gasteiger charge is -2.32. The molecule has 7 atom stereocenters. The number of hydrogen-bond donors (Lipinski definition) is 0. The predicted octanol–water partition coefficient (Wildman–Crippen LogP) is 13.1. The van der Waals surface area contributed by atoms with Crippen molar-refractivity contribution in [2.75, 3.05) is 0 Å². The van der Waals surface area contributed by atoms with E-state index in [1.807, 2.05) is 11.8 Å². The van der Waals surface area contributed by atoms with Crippen LogP contribution < -0.4 is 0 Å². The second kappa shape index (κ2) is 14.2. The van der Waals surface area contributed by atoms with Gasteiger partial charge in [0.1, 0.15) is 0 Å². The number of rotatable bonds is 4. The van der Waals surface area contributed by atoms with E-state index in [4.69, 9.17) is 9.98 Å². The fourth-order valence-electron chi connectivity index (χ4n) is 10.4. The summed E-state index contributed by atoms with van der Waals surface area (Å²) < 4.78 is 3.15. The highest BCUT2D eigenvalue weighted by Gasteiger charge is 2.34. The molecule has 2 aliphatic heterocycles. The van der Waals surface area contributed by atoms with Crippen LogP contribution in [-0.2, 0) is 6.42 Å². The fourth-order valence-corrected chi connectivity index (χ4v) is 13.0. The zero-order valence-electron chi connectivity index (χ0n) is 31.2. The van der Waals surface area contributed by atoms with Crippen molar-refractivity contribution in [2.45, 2.75) is 77.8 Å². The quantitative estimate of drug-likeness (QED) is 0.190. The maximum Gasteiger partial charge on any atom is 0.235 e. The van der Waals surface area contributed by atoms with Crippen molar-refractivity contribution in [3.8, 4) is 11.1 Å². The molecule has 0 radical (unpaired) electrons. The molecule has 0 spiro atoms. The Morgan fingerprint density at radius 3 is 2.64 bits per heavy atom. The number of allylic oxidation sites excluding steroid dienone is 16. The molecule has 0 bridgehead atoms. The molecule has 3 aromatic rings. The lowest BCUT2D eigenvalue weighted by atomic mass is 9.75. The first-order valence-electron chi connectivity index (χ1n) is 20.6. The van der Waals surface area contributed by atoms with Gasteiger partial charge >= 0.3 is 0 Å². The minimum atomic E-state index is 0.171. The van der Waals surface area contributed by atoms with Gasteiger partial charge in [-0.05, 0) is 126 Å². The SMILES string of the molecule is IC1CCCCC1C1=CCC(C2C=C(C3=NC(n4c5c(c6ccc(-c7ccc8c(c7)C7C=CC=CC7S8)cc64)CCC=C5)=NC4=CC=CCC43)C=CC2)C=C1. The average Bonchev–Trinajstić information content (AvgIpc) is 3.78. The second-order valence-corrected chi connectivity index (χ2v) is 19.3. The third kappa shape index (κ3) is 6.07. The van der Waals surface area contributed by atoms with Crippen LogP contribution in [0.15, 0.2) is 153 Å². The second-order valence-electron chi connectivity index (χ2n) is 16.5. The number of thioether (sulfide) groups is 1. The number of benzene rings is 2. The summed E-state index contributed by atoms with van der Waals surface area (Å²) in [7, 11) is 0. The number of hydrogen-bond acceptors (Lipinski definition) is 3. The van der Waals surface area contributed by atoms with Gasteiger partial charge in [-0.15, -0.1) is 11.8 Å². The molecule has 0 amide bonds. The molecule has 6 aliphatic carbocycles. The summed E-state index contributed by atoms with van der Waals surface area (Å²) in [5, 5.41) is 1.82. The molecular formula is C50H46IN3S. The maximum atomic E-state index is 5.60. The van der Waals surface area contributed by atoms with Gasteiger partial charge in [0.25, 0.3) is 0 Å². The molecule has 8 aliphatic rings. The largest absolute Gasteiger partial charge is 0.278 e. The highest BCUT2D eigenvalue weighted by Crippen LogP contribution is 2.49. The topological polar surface area (TPSA) is 29.6 Å². The summed E-state index contributed by atoms with van der Waals surface area (Å²) >= 11 is 4.71. The van der Waals surface area contributed by atoms with Gasteiger partial charge in [-0.1, -0.05) is 133 Å². The van der Waals surface area contributed by atoms with E-state index in [-0.39, 0.29) is 5.92 Å². The third-order valence-electron chi connectivity index (χ3n) is 13.3. The van der Waals surface area contributed by atoms with Gasteiger partial charge in [-0.25, -0.2) is 9.98 Å². The summed E-state index contributed by atoms with van der Waals surface area (Å²) in [6, 6.07) is 14.2. The van der Waals surface area contributed by atoms with Crippen LogP contribution in [0.3, 0.4) is 0 Å². The van der Waals surface area contributed by atoms with Crippen molar-refractivity contribution in [3.63, 3.8) is 0 Å². The Balaban J connectivity index is 0.966. The molecule has 1 aromatic heterocycles. The molecule has 274 valence electrons. The number of alkyl halides is 1. The van der Waals surface area contributed by atoms with Crippen LogP contribution in [0.25, 0.3) is 28.1 Å². The van der Waals surface area contributed by atoms with E-state index in [1.165, 1.54) is 80.7 Å². The van der Waals surface area contributed by atoms with Crippen LogP contribution in [0.2, 0.25) is 0 Å². The zero-order valence-corrected chi connectivity index (χ0v) is 34.1. The van der Waals surface area contributed by atoms with Crippen molar-refractivity contribution >= 4 is 63.0 Å². The molecule has 11 rings (SSSR count). The van der Waals surface area contributed by atoms with E-state index in [0.717, 1.165) is 53.6 Å². The summed E-state index contributed by atoms with van der Waals surface area (Å²) in [4.78, 5) is 12.4. The molecule has 7 unspecified atom stereocenters. The summed E-state index contributed by atoms with van der Waals surface area (Å²) in [6.45, 7) is 0. The van der Waals surface area contributed by atoms with Crippen molar-refractivity contribution in [3.05, 3.63) is 155 Å². The van der Waals surface area contributed by atoms with E-state index >= 15 is 0 Å². The highest BCUT2D eigenvalue weighted by atomic mass is 127. The lowest BCUT2D eigenvalue weighted by molar-refractivity contribution is 0.422. The molecular weight excluding hydrogens is 802 g/mol. The van der Waals surface area contributed by atoms with Crippen LogP contribution in [0.1, 0.15) is 74.1 Å². The summed E-state index contributed by atoms with van der Waals surface area (Å²) in [5.74, 6) is 3.13. The van der Waals surface area contributed by atoms with Crippen molar-refractivity contribution < 1.29 is 0 Å². The molecule has 3 nitrogen and oxygen atoms in total. The Hall–Kier alpha value is -3.94. The zero-order chi connectivity index (χ0) is 36.5. The average molecular weight is 848 g/mol. The summed E-state index contributed by atoms with van der Waals surface area (Å²) in [5.41, 5.74) is 13.0. The smallest absolute Gasteiger partial charge is 0.235 e. The van der Waals surface area contributed by atoms with Crippen LogP contribution in [0, 0.1) is 23.7 Å². The Morgan fingerprint density at radius 1 is 0.800 bits per heavy atom. The number of halogens is 1. The van der Waals surface area contributed by atoms with Gasteiger partial charge in [0.15, 0.2) is 0 Å². The standard InChI is InChI=1S/C50H46IN3S/c51-43-16-5-1-12-37(43)32-22-20-31(21-23-32)33-10-9-11-36(28-33)49-41-15-2-6-17-44(41)52-50(53-49)54-45-18-7-3-13-38(45)39-26-24-35(30-46(39)54)34-25-27-48-42(29-34)40-14-4-8-19-47(40)55-48/h2,4,6-9,11,14,17-20,22-31,33,37,40-41,43,47H,1,3,5,10,12-13,15-16,21H2. The van der Waals surface area contributed by atoms with E-state index in [9.17, 15) is 0 Å². The number of aromatic nitrogens is 1. The first-order chi connectivity index (χ1) is 27.2. The molecule has 0 saturated heterocycles. The Kier molecular flexibility index (Phi) is 8.87. The van der Waals surface area contributed by atoms with Gasteiger partial charge in [0.05, 0.1) is 22.6 Å². The molecule has 1 fully saturated rings. The van der Waals surface area contributed by atoms with E-state index < -0.39 is 0 Å². The highest BCUT2D eigenvalue weighted by molar-refractivity contribution is 14.1. The fraction of sp³-hybridized carbons (Fsp3) is 0.320. The Labute approximate surface area is 343 Å². The third-order valence-corrected chi connectivity index (χ3v) is 16.2. The molecule has 1 saturated carbocycles. The minimum absolute atomic E-state index is 0.171. The van der Waals surface area contributed by atoms with Gasteiger partial charge in [-0.3, -0.25) is 4.57 Å². The number of aryl methyl sites for hydroxylation is 1. The first-order valence-corrected chi connectivity index (χ1v) is 22.7. The molecule has 5 heteroatoms. The Morgan fingerprint density at radius 2 is 1.71 bits per heavy atom. The van der Waals surface area contributed by atoms with Crippen LogP contribution in [0.4, 0.5) is 0 Å². The minimum Gasteiger partial charge on any atom is -0.278 e. The number of aliphatic imine (C=N–C) groups is 2. The van der Waals surface area contributed by atoms with Crippen molar-refractivity contribution in [1.29, 1.82) is 0 Å². The maximum absolute atomic E-state index is 5.60. The first kappa shape index (κ1) is 34.3. The molecule has 3 heterocycles. The van der Waals surface area contributed by atoms with Crippen molar-refractivity contribution in [1.82, 2.24) is 4.57 Å². The number of fused-ring (bicyclic) bond motifs is 7. The molecule has 2 aromatic carbocycles. The van der Waals surface area contributed by atoms with Crippen molar-refractivity contribution in [2.24, 2.45) is 33.7 Å². The molecule has 0 N–H and O–H groups in total. The van der Waals surface area contributed by atoms with Gasteiger partial charge < -0.3 is 0 Å². The van der Waals surface area contributed by atoms with Crippen LogP contribution in [-0.4, -0.2) is 25.4 Å². The Bertz CT molecular complexity index is 2460. The normalized spacial score (nSPS) is 30.2. The lowest BCUT2D eigenvalue weighted by Crippen LogP contribution is -2.29. The van der Waals surface area contributed by atoms with E-state index in [2.05, 4.69) is 155 Å².